The van der Waals surface area contributed by atoms with Crippen molar-refractivity contribution < 1.29 is 0 Å². The lowest BCUT2D eigenvalue weighted by Gasteiger charge is -2.11. The molecule has 0 bridgehead atoms. The first-order chi connectivity index (χ1) is 8.54. The number of nitrogens with zero attached hydrogens (tertiary/aromatic N) is 3. The van der Waals surface area contributed by atoms with Crippen LogP contribution in [0.5, 0.6) is 0 Å². The van der Waals surface area contributed by atoms with Gasteiger partial charge in [-0.25, -0.2) is 0 Å². The van der Waals surface area contributed by atoms with Crippen LogP contribution < -0.4 is 4.90 Å². The minimum atomic E-state index is 0.559. The lowest BCUT2D eigenvalue weighted by molar-refractivity contribution is 1.12. The summed E-state index contributed by atoms with van der Waals surface area (Å²) in [6, 6.07) is 7.79. The van der Waals surface area contributed by atoms with E-state index in [4.69, 9.17) is 0 Å². The van der Waals surface area contributed by atoms with Crippen LogP contribution in [-0.4, -0.2) is 14.1 Å². The summed E-state index contributed by atoms with van der Waals surface area (Å²) < 4.78 is 0. The van der Waals surface area contributed by atoms with E-state index >= 15 is 0 Å². The topological polar surface area (TPSA) is 28.0 Å². The van der Waals surface area contributed by atoms with Crippen molar-refractivity contribution in [3.05, 3.63) is 60.2 Å². The largest absolute Gasteiger partial charge is 0.378 e. The molecule has 0 amide bonds. The van der Waals surface area contributed by atoms with Crippen LogP contribution >= 0.6 is 12.6 Å². The minimum absolute atomic E-state index is 0.559. The molecule has 0 saturated heterocycles. The van der Waals surface area contributed by atoms with E-state index in [1.165, 1.54) is 0 Å². The lowest BCUT2D eigenvalue weighted by Crippen LogP contribution is -2.07. The molecule has 0 saturated carbocycles. The Labute approximate surface area is 114 Å². The molecule has 4 heteroatoms. The maximum absolute atomic E-state index is 4.15. The van der Waals surface area contributed by atoms with Crippen molar-refractivity contribution in [2.45, 2.75) is 0 Å². The third-order valence-corrected chi connectivity index (χ3v) is 2.44. The van der Waals surface area contributed by atoms with E-state index in [1.54, 1.807) is 12.2 Å². The second kappa shape index (κ2) is 6.81. The molecule has 1 aromatic carbocycles. The molecule has 0 atom stereocenters. The van der Waals surface area contributed by atoms with E-state index in [9.17, 15) is 0 Å². The monoisotopic (exact) mass is 259 g/mol. The van der Waals surface area contributed by atoms with Crippen LogP contribution in [0.25, 0.3) is 0 Å². The third kappa shape index (κ3) is 4.22. The van der Waals surface area contributed by atoms with Crippen molar-refractivity contribution in [2.75, 3.05) is 19.0 Å². The van der Waals surface area contributed by atoms with Gasteiger partial charge in [-0.1, -0.05) is 19.2 Å². The Kier molecular flexibility index (Phi) is 5.39. The van der Waals surface area contributed by atoms with Gasteiger partial charge in [-0.05, 0) is 30.3 Å². The molecule has 0 spiro atoms. The molecule has 1 aromatic rings. The molecule has 0 aliphatic rings. The molecule has 0 heterocycles. The highest BCUT2D eigenvalue weighted by Crippen LogP contribution is 2.21. The first-order valence-corrected chi connectivity index (χ1v) is 5.89. The van der Waals surface area contributed by atoms with Crippen LogP contribution in [0.3, 0.4) is 0 Å². The first kappa shape index (κ1) is 14.3. The quantitative estimate of drug-likeness (QED) is 0.475. The standard InChI is InChI=1S/C14H17N3S/c1-5-6-14(11(2)18)16-15-12-7-9-13(10-8-12)17(3)4/h5-10,18H,1-2H2,3-4H3/b14-6+,16-15?. The molecule has 0 unspecified atom stereocenters. The Bertz CT molecular complexity index is 484. The van der Waals surface area contributed by atoms with Crippen molar-refractivity contribution in [3.8, 4) is 0 Å². The highest BCUT2D eigenvalue weighted by atomic mass is 32.1. The van der Waals surface area contributed by atoms with Gasteiger partial charge in [-0.2, -0.15) is 5.11 Å². The summed E-state index contributed by atoms with van der Waals surface area (Å²) in [6.07, 6.45) is 3.35. The zero-order valence-corrected chi connectivity index (χ0v) is 11.6. The zero-order valence-electron chi connectivity index (χ0n) is 10.7. The summed E-state index contributed by atoms with van der Waals surface area (Å²) in [6.45, 7) is 7.32. The maximum atomic E-state index is 4.15. The average molecular weight is 259 g/mol. The number of benzene rings is 1. The maximum Gasteiger partial charge on any atom is 0.0983 e. The van der Waals surface area contributed by atoms with Crippen molar-refractivity contribution in [3.63, 3.8) is 0 Å². The Morgan fingerprint density at radius 3 is 2.33 bits per heavy atom. The Morgan fingerprint density at radius 2 is 1.89 bits per heavy atom. The smallest absolute Gasteiger partial charge is 0.0983 e. The van der Waals surface area contributed by atoms with Crippen LogP contribution in [0.2, 0.25) is 0 Å². The molecule has 0 aliphatic heterocycles. The van der Waals surface area contributed by atoms with E-state index in [0.717, 1.165) is 11.4 Å². The van der Waals surface area contributed by atoms with Gasteiger partial charge in [0.05, 0.1) is 11.4 Å². The van der Waals surface area contributed by atoms with Gasteiger partial charge in [0.15, 0.2) is 0 Å². The van der Waals surface area contributed by atoms with Gasteiger partial charge in [-0.15, -0.1) is 17.7 Å². The third-order valence-electron chi connectivity index (χ3n) is 2.21. The van der Waals surface area contributed by atoms with Crippen LogP contribution in [-0.2, 0) is 0 Å². The minimum Gasteiger partial charge on any atom is -0.378 e. The fourth-order valence-electron chi connectivity index (χ4n) is 1.23. The predicted octanol–water partition coefficient (Wildman–Crippen LogP) is 4.35. The van der Waals surface area contributed by atoms with Gasteiger partial charge in [0.1, 0.15) is 0 Å². The van der Waals surface area contributed by atoms with Gasteiger partial charge in [0.25, 0.3) is 0 Å². The second-order valence-corrected chi connectivity index (χ2v) is 4.38. The summed E-state index contributed by atoms with van der Waals surface area (Å²) in [5, 5.41) is 8.21. The molecule has 1 rings (SSSR count). The Balaban J connectivity index is 2.87. The number of rotatable bonds is 5. The van der Waals surface area contributed by atoms with Gasteiger partial charge in [0, 0.05) is 24.7 Å². The van der Waals surface area contributed by atoms with E-state index in [-0.39, 0.29) is 0 Å². The number of thiol groups is 1. The number of allylic oxidation sites excluding steroid dienone is 2. The van der Waals surface area contributed by atoms with E-state index in [1.807, 2.05) is 43.3 Å². The fraction of sp³-hybridized carbons (Fsp3) is 0.143. The summed E-state index contributed by atoms with van der Waals surface area (Å²) in [5.74, 6) is 0. The molecule has 94 valence electrons. The van der Waals surface area contributed by atoms with Gasteiger partial charge < -0.3 is 4.90 Å². The normalized spacial score (nSPS) is 11.6. The second-order valence-electron chi connectivity index (χ2n) is 3.85. The molecular weight excluding hydrogens is 242 g/mol. The number of azo groups is 1. The van der Waals surface area contributed by atoms with Crippen LogP contribution in [0.15, 0.2) is 70.4 Å². The number of hydrogen-bond donors (Lipinski definition) is 1. The Hall–Kier alpha value is -1.81. The predicted molar refractivity (Wildman–Crippen MR) is 81.7 cm³/mol. The van der Waals surface area contributed by atoms with Crippen molar-refractivity contribution in [2.24, 2.45) is 10.2 Å². The summed E-state index contributed by atoms with van der Waals surface area (Å²) in [4.78, 5) is 2.59. The lowest BCUT2D eigenvalue weighted by atomic mass is 10.3. The van der Waals surface area contributed by atoms with Crippen molar-refractivity contribution >= 4 is 24.0 Å². The highest BCUT2D eigenvalue weighted by Gasteiger charge is 1.97. The first-order valence-electron chi connectivity index (χ1n) is 5.44. The average Bonchev–Trinajstić information content (AvgIpc) is 2.34. The molecule has 0 aromatic heterocycles. The van der Waals surface area contributed by atoms with Crippen molar-refractivity contribution in [1.29, 1.82) is 0 Å². The van der Waals surface area contributed by atoms with E-state index in [2.05, 4.69) is 36.0 Å². The van der Waals surface area contributed by atoms with E-state index < -0.39 is 0 Å². The molecule has 0 radical (unpaired) electrons. The van der Waals surface area contributed by atoms with Crippen molar-refractivity contribution in [1.82, 2.24) is 0 Å². The SMILES string of the molecule is C=C/C=C(/N=Nc1ccc(N(C)C)cc1)C(=C)S. The van der Waals surface area contributed by atoms with Gasteiger partial charge in [-0.3, -0.25) is 0 Å². The zero-order chi connectivity index (χ0) is 13.5. The molecule has 3 nitrogen and oxygen atoms in total. The molecule has 0 aliphatic carbocycles. The number of anilines is 1. The molecule has 0 N–H and O–H groups in total. The highest BCUT2D eigenvalue weighted by molar-refractivity contribution is 7.84. The Morgan fingerprint density at radius 1 is 1.28 bits per heavy atom. The summed E-state index contributed by atoms with van der Waals surface area (Å²) >= 11 is 4.15. The van der Waals surface area contributed by atoms with Crippen LogP contribution in [0.1, 0.15) is 0 Å². The van der Waals surface area contributed by atoms with Gasteiger partial charge >= 0.3 is 0 Å². The molecule has 0 fully saturated rings. The van der Waals surface area contributed by atoms with Crippen LogP contribution in [0, 0.1) is 0 Å². The number of hydrogen-bond acceptors (Lipinski definition) is 4. The summed E-state index contributed by atoms with van der Waals surface area (Å²) in [5.41, 5.74) is 2.50. The van der Waals surface area contributed by atoms with E-state index in [0.29, 0.717) is 10.6 Å². The molecular formula is C14H17N3S. The molecule has 18 heavy (non-hydrogen) atoms. The fourth-order valence-corrected chi connectivity index (χ4v) is 1.35. The summed E-state index contributed by atoms with van der Waals surface area (Å²) in [7, 11) is 3.98. The van der Waals surface area contributed by atoms with Gasteiger partial charge in [0.2, 0.25) is 0 Å². The van der Waals surface area contributed by atoms with Crippen LogP contribution in [0.4, 0.5) is 11.4 Å².